The van der Waals surface area contributed by atoms with E-state index >= 15 is 0 Å². The Balaban J connectivity index is 1.13. The van der Waals surface area contributed by atoms with Crippen LogP contribution in [0.2, 0.25) is 0 Å². The third-order valence-corrected chi connectivity index (χ3v) is 11.4. The van der Waals surface area contributed by atoms with Crippen molar-refractivity contribution in [2.45, 2.75) is 74.9 Å². The summed E-state index contributed by atoms with van der Waals surface area (Å²) in [5, 5.41) is 35.7. The van der Waals surface area contributed by atoms with Crippen LogP contribution in [-0.4, -0.2) is 120 Å². The second-order valence-corrected chi connectivity index (χ2v) is 14.7. The van der Waals surface area contributed by atoms with E-state index in [1.165, 1.54) is 32.4 Å². The number of benzene rings is 3. The first kappa shape index (κ1) is 41.4. The van der Waals surface area contributed by atoms with E-state index in [9.17, 15) is 56.4 Å². The quantitative estimate of drug-likeness (QED) is 0.0578. The van der Waals surface area contributed by atoms with E-state index in [4.69, 9.17) is 28.4 Å². The molecule has 0 radical (unpaired) electrons. The Hall–Kier alpha value is -5.29. The zero-order valence-electron chi connectivity index (χ0n) is 31.6. The molecule has 1 unspecified atom stereocenters. The van der Waals surface area contributed by atoms with Gasteiger partial charge in [0.05, 0.1) is 42.6 Å². The van der Waals surface area contributed by atoms with Gasteiger partial charge in [-0.1, -0.05) is 12.1 Å². The van der Waals surface area contributed by atoms with Crippen LogP contribution in [0.5, 0.6) is 23.0 Å². The molecule has 3 aromatic carbocycles. The van der Waals surface area contributed by atoms with Gasteiger partial charge < -0.3 is 53.2 Å². The molecule has 2 aliphatic carbocycles. The number of ether oxygens (including phenoxy) is 8. The van der Waals surface area contributed by atoms with Crippen molar-refractivity contribution < 1.29 is 94.3 Å². The van der Waals surface area contributed by atoms with Crippen molar-refractivity contribution >= 4 is 23.5 Å². The minimum Gasteiger partial charge on any atom is -0.507 e. The summed E-state index contributed by atoms with van der Waals surface area (Å²) in [7, 11) is 2.72. The van der Waals surface area contributed by atoms with Crippen molar-refractivity contribution in [3.05, 3.63) is 80.7 Å². The highest BCUT2D eigenvalue weighted by Crippen LogP contribution is 2.53. The molecule has 16 nitrogen and oxygen atoms in total. The molecular weight excluding hydrogens is 817 g/mol. The summed E-state index contributed by atoms with van der Waals surface area (Å²) in [5.41, 5.74) is -5.07. The Morgan fingerprint density at radius 3 is 2.30 bits per heavy atom. The van der Waals surface area contributed by atoms with Crippen molar-refractivity contribution in [2.24, 2.45) is 0 Å². The Morgan fingerprint density at radius 2 is 1.62 bits per heavy atom. The van der Waals surface area contributed by atoms with Gasteiger partial charge in [-0.2, -0.15) is 8.78 Å². The highest BCUT2D eigenvalue weighted by Gasteiger charge is 2.55. The topological polar surface area (TPSA) is 206 Å². The average Bonchev–Trinajstić information content (AvgIpc) is 3.62. The van der Waals surface area contributed by atoms with Crippen LogP contribution < -0.4 is 9.47 Å². The molecular formula is C39H34F5NO15. The number of hydrogen-bond acceptors (Lipinski definition) is 16. The number of aliphatic hydroxyl groups is 1. The molecule has 0 aromatic heterocycles. The lowest BCUT2D eigenvalue weighted by Crippen LogP contribution is -2.55. The first-order chi connectivity index (χ1) is 28.5. The summed E-state index contributed by atoms with van der Waals surface area (Å²) in [5.74, 6) is -19.4. The van der Waals surface area contributed by atoms with Gasteiger partial charge in [0, 0.05) is 55.6 Å². The molecule has 3 heterocycles. The summed E-state index contributed by atoms with van der Waals surface area (Å²) in [6.07, 6.45) is -8.93. The highest BCUT2D eigenvalue weighted by atomic mass is 19.2. The molecule has 8 atom stereocenters. The molecule has 5 aliphatic rings. The summed E-state index contributed by atoms with van der Waals surface area (Å²) >= 11 is 0. The number of phenolic OH excluding ortho intramolecular Hbond substituents is 2. The highest BCUT2D eigenvalue weighted by molar-refractivity contribution is 6.31. The van der Waals surface area contributed by atoms with Crippen LogP contribution in [0.25, 0.3) is 0 Å². The lowest BCUT2D eigenvalue weighted by molar-refractivity contribution is -0.256. The number of fused-ring (bicyclic) bond motifs is 6. The van der Waals surface area contributed by atoms with Gasteiger partial charge in [0.15, 0.2) is 31.2 Å². The summed E-state index contributed by atoms with van der Waals surface area (Å²) in [6, 6.07) is 3.78. The maximum Gasteiger partial charge on any atom is 0.514 e. The van der Waals surface area contributed by atoms with E-state index < -0.39 is 149 Å². The Labute approximate surface area is 335 Å². The van der Waals surface area contributed by atoms with Crippen LogP contribution in [0.15, 0.2) is 18.2 Å². The largest absolute Gasteiger partial charge is 0.514 e. The van der Waals surface area contributed by atoms with Crippen LogP contribution in [0.1, 0.15) is 68.8 Å². The number of ketones is 3. The standard InChI is InChI=1S/C39H34F5NO15/c1-13-34-16(45-7-8-55-37(54-3)36(45)59-34)9-20(57-13)58-18-11-39(52,19(46)12-56-38(51)60-35-28(43)26(41)25(40)27(42)29(35)44)10-15-22(18)33(50)24-23(31(15)48)30(47)14-5-4-6-17(53-2)21(14)32(24)49/h4-6,13,16,18,20,34,36-37,48,50,52H,7-12H2,1-3H3/t13-,16-,18-,20-,34?,36+,37-,39-/m0/s1. The Morgan fingerprint density at radius 1 is 0.933 bits per heavy atom. The Bertz CT molecular complexity index is 2320. The van der Waals surface area contributed by atoms with Crippen LogP contribution in [-0.2, 0) is 39.6 Å². The first-order valence-corrected chi connectivity index (χ1v) is 18.4. The number of methoxy groups -OCH3 is 2. The van der Waals surface area contributed by atoms with Crippen LogP contribution in [0.3, 0.4) is 0 Å². The monoisotopic (exact) mass is 851 g/mol. The van der Waals surface area contributed by atoms with Crippen molar-refractivity contribution in [3.8, 4) is 23.0 Å². The van der Waals surface area contributed by atoms with Crippen molar-refractivity contribution in [1.82, 2.24) is 4.90 Å². The fourth-order valence-corrected chi connectivity index (χ4v) is 8.59. The number of carbonyl (C=O) groups excluding carboxylic acids is 4. The van der Waals surface area contributed by atoms with Gasteiger partial charge >= 0.3 is 6.16 Å². The van der Waals surface area contributed by atoms with E-state index in [0.717, 1.165) is 0 Å². The zero-order chi connectivity index (χ0) is 43.1. The molecule has 3 saturated heterocycles. The molecule has 3 aromatic rings. The van der Waals surface area contributed by atoms with Crippen LogP contribution in [0, 0.1) is 29.1 Å². The number of rotatable bonds is 8. The minimum atomic E-state index is -2.70. The van der Waals surface area contributed by atoms with Gasteiger partial charge in [-0.05, 0) is 13.0 Å². The third-order valence-electron chi connectivity index (χ3n) is 11.4. The average molecular weight is 852 g/mol. The van der Waals surface area contributed by atoms with Crippen molar-refractivity contribution in [1.29, 1.82) is 0 Å². The smallest absolute Gasteiger partial charge is 0.507 e. The van der Waals surface area contributed by atoms with E-state index in [2.05, 4.69) is 9.47 Å². The van der Waals surface area contributed by atoms with Gasteiger partial charge in [0.1, 0.15) is 29.0 Å². The lowest BCUT2D eigenvalue weighted by atomic mass is 9.72. The fraction of sp³-hybridized carbons (Fsp3) is 0.436. The number of halogens is 5. The third kappa shape index (κ3) is 6.46. The summed E-state index contributed by atoms with van der Waals surface area (Å²) in [4.78, 5) is 56.2. The van der Waals surface area contributed by atoms with E-state index in [1.54, 1.807) is 6.92 Å². The normalized spacial score (nSPS) is 28.2. The fourth-order valence-electron chi connectivity index (χ4n) is 8.59. The number of Topliss-reactive ketones (excluding diaryl/α,β-unsaturated/α-hetero) is 1. The predicted octanol–water partition coefficient (Wildman–Crippen LogP) is 3.63. The first-order valence-electron chi connectivity index (χ1n) is 18.4. The number of carbonyl (C=O) groups is 4. The van der Waals surface area contributed by atoms with E-state index in [0.29, 0.717) is 13.2 Å². The molecule has 60 heavy (non-hydrogen) atoms. The predicted molar refractivity (Wildman–Crippen MR) is 185 cm³/mol. The summed E-state index contributed by atoms with van der Waals surface area (Å²) < 4.78 is 113. The molecule has 3 fully saturated rings. The van der Waals surface area contributed by atoms with Gasteiger partial charge in [-0.3, -0.25) is 19.3 Å². The zero-order valence-corrected chi connectivity index (χ0v) is 31.6. The Kier molecular flexibility index (Phi) is 10.6. The van der Waals surface area contributed by atoms with Gasteiger partial charge in [0.25, 0.3) is 0 Å². The van der Waals surface area contributed by atoms with Crippen molar-refractivity contribution in [2.75, 3.05) is 34.0 Å². The maximum atomic E-state index is 14.2. The lowest BCUT2D eigenvalue weighted by Gasteiger charge is -2.43. The molecule has 0 bridgehead atoms. The SMILES string of the molecule is COc1cccc2c1C(=O)c1c(O)c3c(c(O)c1C2=O)C[C@@](O)(C(=O)COC(=O)Oc1c(F)c(F)c(F)c(F)c1F)C[C@@H]3O[C@H]1C[C@H]2C(O[C@@H]3[C@@H](OC)OCCN32)[C@H](C)O1. The van der Waals surface area contributed by atoms with Crippen LogP contribution in [0.4, 0.5) is 26.7 Å². The second-order valence-electron chi connectivity index (χ2n) is 14.7. The summed E-state index contributed by atoms with van der Waals surface area (Å²) in [6.45, 7) is 1.02. The second kappa shape index (κ2) is 15.3. The van der Waals surface area contributed by atoms with Crippen molar-refractivity contribution in [3.63, 3.8) is 0 Å². The number of aromatic hydroxyl groups is 2. The molecule has 8 rings (SSSR count). The van der Waals surface area contributed by atoms with E-state index in [1.807, 2.05) is 4.90 Å². The molecule has 21 heteroatoms. The number of morpholine rings is 1. The maximum absolute atomic E-state index is 14.2. The van der Waals surface area contributed by atoms with E-state index in [-0.39, 0.29) is 34.9 Å². The molecule has 320 valence electrons. The molecule has 0 spiro atoms. The van der Waals surface area contributed by atoms with Gasteiger partial charge in [-0.25, -0.2) is 18.0 Å². The van der Waals surface area contributed by atoms with Gasteiger partial charge in [0.2, 0.25) is 46.4 Å². The van der Waals surface area contributed by atoms with Crippen LogP contribution >= 0.6 is 0 Å². The minimum absolute atomic E-state index is 0.00496. The molecule has 0 saturated carbocycles. The molecule has 0 amide bonds. The molecule has 3 N–H and O–H groups in total. The number of nitrogens with zero attached hydrogens (tertiary/aromatic N) is 1. The van der Waals surface area contributed by atoms with Gasteiger partial charge in [-0.15, -0.1) is 0 Å². The molecule has 3 aliphatic heterocycles. The number of hydrogen-bond donors (Lipinski definition) is 3. The number of phenols is 2.